The van der Waals surface area contributed by atoms with Crippen LogP contribution in [0.15, 0.2) is 65.7 Å². The number of hydrogen-bond donors (Lipinski definition) is 0. The van der Waals surface area contributed by atoms with Crippen LogP contribution in [0.1, 0.15) is 46.3 Å². The molecular weight excluding hydrogens is 539 g/mol. The van der Waals surface area contributed by atoms with Crippen LogP contribution < -0.4 is 9.47 Å². The summed E-state index contributed by atoms with van der Waals surface area (Å²) >= 11 is 2.32. The summed E-state index contributed by atoms with van der Waals surface area (Å²) in [5.74, 6) is 1.43. The third-order valence-corrected chi connectivity index (χ3v) is 7.14. The second kappa shape index (κ2) is 11.5. The number of piperidine rings is 1. The van der Waals surface area contributed by atoms with E-state index in [1.54, 1.807) is 7.11 Å². The van der Waals surface area contributed by atoms with Gasteiger partial charge < -0.3 is 14.4 Å². The molecule has 176 valence electrons. The predicted octanol–water partition coefficient (Wildman–Crippen LogP) is 6.56. The molecule has 5 nitrogen and oxygen atoms in total. The first-order valence-corrected chi connectivity index (χ1v) is 12.6. The van der Waals surface area contributed by atoms with Crippen LogP contribution in [0.2, 0.25) is 0 Å². The molecule has 0 aliphatic carbocycles. The van der Waals surface area contributed by atoms with Gasteiger partial charge in [0.2, 0.25) is 0 Å². The van der Waals surface area contributed by atoms with Gasteiger partial charge in [0.1, 0.15) is 6.61 Å². The van der Waals surface area contributed by atoms with Crippen LogP contribution in [0, 0.1) is 10.5 Å². The Bertz CT molecular complexity index is 1170. The molecule has 0 bridgehead atoms. The number of aryl methyl sites for hydroxylation is 1. The monoisotopic (exact) mass is 568 g/mol. The topological polar surface area (TPSA) is 51.1 Å². The van der Waals surface area contributed by atoms with Gasteiger partial charge in [-0.05, 0) is 114 Å². The number of nitrogens with zero attached hydrogens (tertiary/aromatic N) is 2. The summed E-state index contributed by atoms with van der Waals surface area (Å²) in [6.07, 6.45) is 5.22. The fraction of sp³-hybridized carbons (Fsp3) is 0.286. The lowest BCUT2D eigenvalue weighted by Gasteiger charge is -2.26. The summed E-state index contributed by atoms with van der Waals surface area (Å²) < 4.78 is 12.8. The molecule has 1 saturated heterocycles. The maximum atomic E-state index is 12.6. The first-order chi connectivity index (χ1) is 16.5. The Kier molecular flexibility index (Phi) is 8.21. The molecule has 0 atom stereocenters. The fourth-order valence-corrected chi connectivity index (χ4v) is 4.26. The number of carbonyl (C=O) groups is 1. The minimum atomic E-state index is 0.117. The molecule has 3 aromatic rings. The molecule has 0 radical (unpaired) electrons. The van der Waals surface area contributed by atoms with Gasteiger partial charge in [-0.3, -0.25) is 9.79 Å². The maximum Gasteiger partial charge on any atom is 0.253 e. The van der Waals surface area contributed by atoms with Gasteiger partial charge in [0.05, 0.1) is 12.8 Å². The Balaban J connectivity index is 1.38. The smallest absolute Gasteiger partial charge is 0.253 e. The second-order valence-electron chi connectivity index (χ2n) is 8.44. The van der Waals surface area contributed by atoms with Crippen LogP contribution in [0.4, 0.5) is 5.69 Å². The summed E-state index contributed by atoms with van der Waals surface area (Å²) in [4.78, 5) is 19.2. The maximum absolute atomic E-state index is 12.6. The molecule has 34 heavy (non-hydrogen) atoms. The zero-order chi connectivity index (χ0) is 23.9. The highest BCUT2D eigenvalue weighted by molar-refractivity contribution is 14.1. The Morgan fingerprint density at radius 2 is 1.76 bits per heavy atom. The highest BCUT2D eigenvalue weighted by Gasteiger charge is 2.18. The van der Waals surface area contributed by atoms with Crippen molar-refractivity contribution in [1.29, 1.82) is 0 Å². The molecule has 0 spiro atoms. The molecule has 1 aliphatic heterocycles. The SMILES string of the molecule is COc1cc(C=Nc2ccc(I)c(C)c2)ccc1OCc1ccc(C(=O)N2CCCCC2)cc1. The normalized spacial score (nSPS) is 13.8. The lowest BCUT2D eigenvalue weighted by atomic mass is 10.1. The van der Waals surface area contributed by atoms with Crippen molar-refractivity contribution >= 4 is 40.4 Å². The molecule has 3 aromatic carbocycles. The van der Waals surface area contributed by atoms with Crippen LogP contribution in [0.3, 0.4) is 0 Å². The van der Waals surface area contributed by atoms with Gasteiger partial charge in [0.25, 0.3) is 5.91 Å². The first-order valence-electron chi connectivity index (χ1n) is 11.5. The Hall–Kier alpha value is -2.87. The highest BCUT2D eigenvalue weighted by Crippen LogP contribution is 2.29. The zero-order valence-electron chi connectivity index (χ0n) is 19.6. The molecule has 1 amide bonds. The van der Waals surface area contributed by atoms with E-state index in [0.29, 0.717) is 18.1 Å². The number of rotatable bonds is 7. The predicted molar refractivity (Wildman–Crippen MR) is 145 cm³/mol. The van der Waals surface area contributed by atoms with E-state index in [9.17, 15) is 4.79 Å². The van der Waals surface area contributed by atoms with E-state index in [-0.39, 0.29) is 5.91 Å². The molecule has 1 aliphatic rings. The summed E-state index contributed by atoms with van der Waals surface area (Å²) in [5.41, 5.74) is 4.79. The standard InChI is InChI=1S/C28H29IN2O3/c1-20-16-24(11-12-25(20)29)30-18-22-8-13-26(27(17-22)33-2)34-19-21-6-9-23(10-7-21)28(32)31-14-4-3-5-15-31/h6-13,16-18H,3-5,14-15,19H2,1-2H3. The molecule has 1 heterocycles. The molecule has 0 saturated carbocycles. The van der Waals surface area contributed by atoms with Gasteiger partial charge in [0.15, 0.2) is 11.5 Å². The minimum Gasteiger partial charge on any atom is -0.493 e. The lowest BCUT2D eigenvalue weighted by Crippen LogP contribution is -2.35. The van der Waals surface area contributed by atoms with Crippen LogP contribution in [-0.2, 0) is 6.61 Å². The van der Waals surface area contributed by atoms with Gasteiger partial charge in [-0.25, -0.2) is 0 Å². The Labute approximate surface area is 214 Å². The number of ether oxygens (including phenoxy) is 2. The van der Waals surface area contributed by atoms with Crippen molar-refractivity contribution in [1.82, 2.24) is 4.90 Å². The van der Waals surface area contributed by atoms with Crippen molar-refractivity contribution in [3.8, 4) is 11.5 Å². The molecule has 0 N–H and O–H groups in total. The number of halogens is 1. The summed E-state index contributed by atoms with van der Waals surface area (Å²) in [5, 5.41) is 0. The second-order valence-corrected chi connectivity index (χ2v) is 9.60. The minimum absolute atomic E-state index is 0.117. The average Bonchev–Trinajstić information content (AvgIpc) is 2.88. The Morgan fingerprint density at radius 1 is 1.00 bits per heavy atom. The highest BCUT2D eigenvalue weighted by atomic mass is 127. The fourth-order valence-electron chi connectivity index (χ4n) is 3.93. The number of carbonyl (C=O) groups excluding carboxylic acids is 1. The van der Waals surface area contributed by atoms with Crippen LogP contribution in [-0.4, -0.2) is 37.2 Å². The van der Waals surface area contributed by atoms with Crippen LogP contribution in [0.25, 0.3) is 0 Å². The number of likely N-dealkylation sites (tertiary alicyclic amines) is 1. The van der Waals surface area contributed by atoms with E-state index in [0.717, 1.165) is 48.3 Å². The lowest BCUT2D eigenvalue weighted by molar-refractivity contribution is 0.0724. The van der Waals surface area contributed by atoms with Gasteiger partial charge in [0, 0.05) is 28.4 Å². The molecule has 6 heteroatoms. The van der Waals surface area contributed by atoms with Gasteiger partial charge in [-0.2, -0.15) is 0 Å². The van der Waals surface area contributed by atoms with E-state index in [1.165, 1.54) is 15.6 Å². The summed E-state index contributed by atoms with van der Waals surface area (Å²) in [7, 11) is 1.63. The third kappa shape index (κ3) is 6.17. The van der Waals surface area contributed by atoms with E-state index < -0.39 is 0 Å². The van der Waals surface area contributed by atoms with Crippen molar-refractivity contribution in [2.75, 3.05) is 20.2 Å². The number of benzene rings is 3. The number of methoxy groups -OCH3 is 1. The molecular formula is C28H29IN2O3. The van der Waals surface area contributed by atoms with Crippen LogP contribution >= 0.6 is 22.6 Å². The van der Waals surface area contributed by atoms with Crippen molar-refractivity contribution in [2.45, 2.75) is 32.8 Å². The van der Waals surface area contributed by atoms with E-state index in [1.807, 2.05) is 59.6 Å². The van der Waals surface area contributed by atoms with Gasteiger partial charge >= 0.3 is 0 Å². The number of hydrogen-bond acceptors (Lipinski definition) is 4. The van der Waals surface area contributed by atoms with Crippen molar-refractivity contribution in [3.05, 3.63) is 86.5 Å². The van der Waals surface area contributed by atoms with Gasteiger partial charge in [-0.1, -0.05) is 12.1 Å². The number of amides is 1. The van der Waals surface area contributed by atoms with Crippen molar-refractivity contribution < 1.29 is 14.3 Å². The van der Waals surface area contributed by atoms with Crippen molar-refractivity contribution in [2.24, 2.45) is 4.99 Å². The third-order valence-electron chi connectivity index (χ3n) is 5.93. The Morgan fingerprint density at radius 3 is 2.47 bits per heavy atom. The van der Waals surface area contributed by atoms with E-state index in [2.05, 4.69) is 46.6 Å². The molecule has 4 rings (SSSR count). The number of aliphatic imine (C=N–C) groups is 1. The largest absolute Gasteiger partial charge is 0.493 e. The molecule has 1 fully saturated rings. The van der Waals surface area contributed by atoms with E-state index in [4.69, 9.17) is 9.47 Å². The van der Waals surface area contributed by atoms with Gasteiger partial charge in [-0.15, -0.1) is 0 Å². The van der Waals surface area contributed by atoms with Crippen molar-refractivity contribution in [3.63, 3.8) is 0 Å². The molecule has 0 aromatic heterocycles. The first kappa shape index (κ1) is 24.3. The summed E-state index contributed by atoms with van der Waals surface area (Å²) in [6, 6.07) is 19.6. The van der Waals surface area contributed by atoms with E-state index >= 15 is 0 Å². The average molecular weight is 568 g/mol. The zero-order valence-corrected chi connectivity index (χ0v) is 21.7. The van der Waals surface area contributed by atoms with Crippen LogP contribution in [0.5, 0.6) is 11.5 Å². The quantitative estimate of drug-likeness (QED) is 0.240. The summed E-state index contributed by atoms with van der Waals surface area (Å²) in [6.45, 7) is 4.18. The molecule has 0 unspecified atom stereocenters.